The molecule has 2 rings (SSSR count). The van der Waals surface area contributed by atoms with Crippen molar-refractivity contribution in [2.45, 2.75) is 44.7 Å². The first kappa shape index (κ1) is 34.2. The second kappa shape index (κ2) is 14.8. The highest BCUT2D eigenvalue weighted by atomic mass is 19.2. The van der Waals surface area contributed by atoms with E-state index in [1.165, 1.54) is 32.2 Å². The molecule has 0 unspecified atom stereocenters. The van der Waals surface area contributed by atoms with Crippen molar-refractivity contribution in [1.82, 2.24) is 15.5 Å². The number of ether oxygens (including phenoxy) is 1. The van der Waals surface area contributed by atoms with Gasteiger partial charge in [-0.1, -0.05) is 18.2 Å². The molecule has 13 heteroatoms. The summed E-state index contributed by atoms with van der Waals surface area (Å²) in [4.78, 5) is 40.0. The zero-order valence-corrected chi connectivity index (χ0v) is 24.0. The lowest BCUT2D eigenvalue weighted by molar-refractivity contribution is -0.136. The van der Waals surface area contributed by atoms with Gasteiger partial charge in [0.05, 0.1) is 13.0 Å². The predicted octanol–water partition coefficient (Wildman–Crippen LogP) is 3.16. The Morgan fingerprint density at radius 1 is 0.952 bits per heavy atom. The molecule has 0 saturated carbocycles. The van der Waals surface area contributed by atoms with E-state index in [0.717, 1.165) is 0 Å². The molecular formula is C29H35F5N4O4. The molecule has 230 valence electrons. The summed E-state index contributed by atoms with van der Waals surface area (Å²) in [6, 6.07) is 5.62. The Labute approximate surface area is 241 Å². The van der Waals surface area contributed by atoms with E-state index >= 15 is 0 Å². The normalized spacial score (nSPS) is 13.0. The molecule has 0 heterocycles. The van der Waals surface area contributed by atoms with E-state index in [2.05, 4.69) is 10.6 Å². The zero-order chi connectivity index (χ0) is 31.8. The maximum atomic E-state index is 14.3. The number of halogens is 5. The first-order valence-electron chi connectivity index (χ1n) is 13.0. The third kappa shape index (κ3) is 9.00. The van der Waals surface area contributed by atoms with E-state index in [9.17, 15) is 36.3 Å². The Kier molecular flexibility index (Phi) is 12.0. The molecule has 4 N–H and O–H groups in total. The van der Waals surface area contributed by atoms with Crippen LogP contribution in [0, 0.1) is 35.0 Å². The van der Waals surface area contributed by atoms with Crippen molar-refractivity contribution in [1.29, 1.82) is 0 Å². The molecule has 0 bridgehead atoms. The van der Waals surface area contributed by atoms with Gasteiger partial charge in [-0.05, 0) is 50.5 Å². The van der Waals surface area contributed by atoms with Gasteiger partial charge in [0.25, 0.3) is 0 Å². The number of likely N-dealkylation sites (N-methyl/N-ethyl adjacent to an activating group) is 1. The summed E-state index contributed by atoms with van der Waals surface area (Å²) in [6.45, 7) is 3.03. The highest BCUT2D eigenvalue weighted by Crippen LogP contribution is 2.25. The summed E-state index contributed by atoms with van der Waals surface area (Å²) in [7, 11) is 4.10. The maximum absolute atomic E-state index is 14.3. The molecule has 2 atom stereocenters. The molecule has 2 aromatic rings. The van der Waals surface area contributed by atoms with Crippen LogP contribution in [0.1, 0.15) is 31.4 Å². The van der Waals surface area contributed by atoms with Crippen LogP contribution in [0.2, 0.25) is 0 Å². The van der Waals surface area contributed by atoms with E-state index in [1.54, 1.807) is 44.2 Å². The van der Waals surface area contributed by atoms with E-state index in [1.807, 2.05) is 0 Å². The van der Waals surface area contributed by atoms with Crippen LogP contribution < -0.4 is 21.1 Å². The Balaban J connectivity index is 2.32. The number of hydrogen-bond donors (Lipinski definition) is 3. The van der Waals surface area contributed by atoms with Crippen molar-refractivity contribution in [2.75, 3.05) is 27.7 Å². The number of rotatable bonds is 13. The van der Waals surface area contributed by atoms with Gasteiger partial charge in [-0.2, -0.15) is 0 Å². The van der Waals surface area contributed by atoms with Crippen LogP contribution in [-0.2, 0) is 27.2 Å². The molecule has 0 radical (unpaired) electrons. The van der Waals surface area contributed by atoms with Crippen molar-refractivity contribution in [2.24, 2.45) is 11.7 Å². The van der Waals surface area contributed by atoms with Crippen molar-refractivity contribution >= 4 is 17.7 Å². The molecule has 3 amide bonds. The molecule has 0 spiro atoms. The quantitative estimate of drug-likeness (QED) is 0.142. The van der Waals surface area contributed by atoms with Gasteiger partial charge in [0.1, 0.15) is 11.8 Å². The number of nitrogens with one attached hydrogen (secondary N) is 2. The number of methoxy groups -OCH3 is 1. The van der Waals surface area contributed by atoms with E-state index < -0.39 is 82.8 Å². The van der Waals surface area contributed by atoms with E-state index in [0.29, 0.717) is 17.7 Å². The molecule has 0 aliphatic rings. The third-order valence-corrected chi connectivity index (χ3v) is 6.50. The summed E-state index contributed by atoms with van der Waals surface area (Å²) < 4.78 is 74.7. The fraction of sp³-hybridized carbons (Fsp3) is 0.414. The second-order valence-corrected chi connectivity index (χ2v) is 10.4. The van der Waals surface area contributed by atoms with Gasteiger partial charge in [-0.25, -0.2) is 22.0 Å². The van der Waals surface area contributed by atoms with Crippen LogP contribution in [0.3, 0.4) is 0 Å². The first-order chi connectivity index (χ1) is 19.6. The Morgan fingerprint density at radius 3 is 2.00 bits per heavy atom. The summed E-state index contributed by atoms with van der Waals surface area (Å²) in [6.07, 6.45) is 2.37. The number of carbonyl (C=O) groups excluding carboxylic acids is 3. The predicted molar refractivity (Wildman–Crippen MR) is 146 cm³/mol. The lowest BCUT2D eigenvalue weighted by atomic mass is 9.96. The lowest BCUT2D eigenvalue weighted by Gasteiger charge is -2.28. The monoisotopic (exact) mass is 598 g/mol. The molecular weight excluding hydrogens is 563 g/mol. The van der Waals surface area contributed by atoms with Crippen LogP contribution in [-0.4, -0.2) is 62.0 Å². The van der Waals surface area contributed by atoms with Gasteiger partial charge >= 0.3 is 0 Å². The summed E-state index contributed by atoms with van der Waals surface area (Å²) >= 11 is 0. The Bertz CT molecular complexity index is 1280. The van der Waals surface area contributed by atoms with Gasteiger partial charge in [-0.3, -0.25) is 14.4 Å². The number of amides is 3. The minimum absolute atomic E-state index is 0.0383. The highest BCUT2D eigenvalue weighted by molar-refractivity contribution is 5.93. The van der Waals surface area contributed by atoms with Crippen LogP contribution >= 0.6 is 0 Å². The van der Waals surface area contributed by atoms with E-state index in [-0.39, 0.29) is 6.42 Å². The van der Waals surface area contributed by atoms with Gasteiger partial charge in [0, 0.05) is 38.2 Å². The van der Waals surface area contributed by atoms with Gasteiger partial charge < -0.3 is 26.0 Å². The molecule has 0 aromatic heterocycles. The first-order valence-corrected chi connectivity index (χ1v) is 13.0. The number of carbonyl (C=O) groups is 3. The van der Waals surface area contributed by atoms with Crippen molar-refractivity contribution in [3.63, 3.8) is 0 Å². The summed E-state index contributed by atoms with van der Waals surface area (Å²) in [5.74, 6) is -13.6. The van der Waals surface area contributed by atoms with Crippen molar-refractivity contribution in [3.05, 3.63) is 76.6 Å². The van der Waals surface area contributed by atoms with Crippen molar-refractivity contribution in [3.8, 4) is 5.75 Å². The highest BCUT2D eigenvalue weighted by Gasteiger charge is 2.31. The van der Waals surface area contributed by atoms with E-state index in [4.69, 9.17) is 10.5 Å². The van der Waals surface area contributed by atoms with Crippen LogP contribution in [0.5, 0.6) is 5.75 Å². The number of nitrogens with two attached hydrogens (primary N) is 1. The fourth-order valence-electron chi connectivity index (χ4n) is 4.00. The minimum atomic E-state index is -2.32. The number of nitrogens with zero attached hydrogens (tertiary/aromatic N) is 1. The average molecular weight is 599 g/mol. The van der Waals surface area contributed by atoms with Crippen LogP contribution in [0.25, 0.3) is 0 Å². The van der Waals surface area contributed by atoms with Crippen LogP contribution in [0.15, 0.2) is 36.4 Å². The topological polar surface area (TPSA) is 114 Å². The van der Waals surface area contributed by atoms with Crippen molar-refractivity contribution < 1.29 is 41.1 Å². The largest absolute Gasteiger partial charge is 0.497 e. The SMILES string of the molecule is CNC(=O)[C@@H](CNC(=O)[C@@H](Cc1ccc(OC)cc1)N(C)C(=O)C=CCC(C)(C)N)Cc1c(F)c(F)c(F)c(F)c1F. The second-order valence-electron chi connectivity index (χ2n) is 10.4. The minimum Gasteiger partial charge on any atom is -0.497 e. The molecule has 0 saturated heterocycles. The third-order valence-electron chi connectivity index (χ3n) is 6.50. The average Bonchev–Trinajstić information content (AvgIpc) is 2.96. The Hall–Kier alpha value is -4.00. The summed E-state index contributed by atoms with van der Waals surface area (Å²) in [5, 5.41) is 4.74. The number of benzene rings is 2. The molecule has 8 nitrogen and oxygen atoms in total. The van der Waals surface area contributed by atoms with Crippen LogP contribution in [0.4, 0.5) is 22.0 Å². The van der Waals surface area contributed by atoms with Gasteiger partial charge in [0.15, 0.2) is 23.3 Å². The molecule has 0 aliphatic carbocycles. The number of hydrogen-bond acceptors (Lipinski definition) is 5. The molecule has 0 fully saturated rings. The van der Waals surface area contributed by atoms with Gasteiger partial charge in [0.2, 0.25) is 23.5 Å². The molecule has 0 aliphatic heterocycles. The fourth-order valence-corrected chi connectivity index (χ4v) is 4.00. The molecule has 42 heavy (non-hydrogen) atoms. The maximum Gasteiger partial charge on any atom is 0.246 e. The standard InChI is InChI=1S/C29H35F5N4O4/c1-29(2,35)12-6-7-21(39)38(4)20(13-16-8-10-18(42-5)11-9-16)28(41)37-15-17(27(40)36-3)14-19-22(30)24(32)26(34)25(33)23(19)31/h6-11,17,20H,12-15,35H2,1-5H3,(H,36,40)(H,37,41)/t17-,20-/m1/s1. The Morgan fingerprint density at radius 2 is 1.50 bits per heavy atom. The summed E-state index contributed by atoms with van der Waals surface area (Å²) in [5.41, 5.74) is 4.84. The zero-order valence-electron chi connectivity index (χ0n) is 24.0. The smallest absolute Gasteiger partial charge is 0.246 e. The molecule has 2 aromatic carbocycles. The van der Waals surface area contributed by atoms with Gasteiger partial charge in [-0.15, -0.1) is 0 Å². The lowest BCUT2D eigenvalue weighted by Crippen LogP contribution is -2.50.